The van der Waals surface area contributed by atoms with Crippen molar-refractivity contribution in [3.63, 3.8) is 0 Å². The van der Waals surface area contributed by atoms with Crippen molar-refractivity contribution in [1.29, 1.82) is 0 Å². The highest BCUT2D eigenvalue weighted by atomic mass is 19.1. The van der Waals surface area contributed by atoms with Gasteiger partial charge >= 0.3 is 0 Å². The minimum atomic E-state index is -0.158. The third-order valence-electron chi connectivity index (χ3n) is 3.28. The molecule has 2 aromatic rings. The fourth-order valence-corrected chi connectivity index (χ4v) is 1.96. The molecule has 17 heavy (non-hydrogen) atoms. The second-order valence-electron chi connectivity index (χ2n) is 4.67. The van der Waals surface area contributed by atoms with Crippen LogP contribution in [0.2, 0.25) is 0 Å². The highest BCUT2D eigenvalue weighted by molar-refractivity contribution is 5.36. The van der Waals surface area contributed by atoms with Crippen LogP contribution in [0.5, 0.6) is 0 Å². The third-order valence-corrected chi connectivity index (χ3v) is 3.28. The Morgan fingerprint density at radius 1 is 0.824 bits per heavy atom. The van der Waals surface area contributed by atoms with Gasteiger partial charge in [-0.3, -0.25) is 0 Å². The van der Waals surface area contributed by atoms with Crippen LogP contribution in [0.15, 0.2) is 36.4 Å². The Balaban J connectivity index is 2.31. The van der Waals surface area contributed by atoms with E-state index in [1.165, 1.54) is 22.8 Å². The van der Waals surface area contributed by atoms with Gasteiger partial charge in [-0.2, -0.15) is 0 Å². The lowest BCUT2D eigenvalue weighted by molar-refractivity contribution is 0.625. The van der Waals surface area contributed by atoms with Gasteiger partial charge in [0.25, 0.3) is 0 Å². The molecule has 0 nitrogen and oxygen atoms in total. The van der Waals surface area contributed by atoms with Crippen LogP contribution in [0.1, 0.15) is 27.8 Å². The van der Waals surface area contributed by atoms with E-state index < -0.39 is 0 Å². The zero-order valence-electron chi connectivity index (χ0n) is 10.5. The summed E-state index contributed by atoms with van der Waals surface area (Å²) in [6.45, 7) is 6.24. The van der Waals surface area contributed by atoms with Gasteiger partial charge in [0, 0.05) is 0 Å². The zero-order valence-corrected chi connectivity index (χ0v) is 10.5. The Labute approximate surface area is 102 Å². The number of hydrogen-bond acceptors (Lipinski definition) is 0. The third kappa shape index (κ3) is 2.73. The summed E-state index contributed by atoms with van der Waals surface area (Å²) in [4.78, 5) is 0. The topological polar surface area (TPSA) is 0 Å². The normalized spacial score (nSPS) is 10.6. The molecule has 0 heterocycles. The molecular formula is C16H17F. The minimum absolute atomic E-state index is 0.158. The van der Waals surface area contributed by atoms with Crippen LogP contribution in [0.25, 0.3) is 0 Å². The highest BCUT2D eigenvalue weighted by Gasteiger charge is 2.03. The van der Waals surface area contributed by atoms with Crippen molar-refractivity contribution < 1.29 is 4.39 Å². The molecular weight excluding hydrogens is 211 g/mol. The van der Waals surface area contributed by atoms with Crippen molar-refractivity contribution in [2.24, 2.45) is 0 Å². The molecule has 0 aromatic heterocycles. The molecule has 0 unspecified atom stereocenters. The molecule has 0 fully saturated rings. The quantitative estimate of drug-likeness (QED) is 0.717. The molecule has 0 amide bonds. The van der Waals surface area contributed by atoms with Crippen LogP contribution in [0.4, 0.5) is 4.39 Å². The predicted octanol–water partition coefficient (Wildman–Crippen LogP) is 4.34. The zero-order chi connectivity index (χ0) is 12.4. The molecule has 0 aliphatic rings. The number of aryl methyl sites for hydroxylation is 3. The highest BCUT2D eigenvalue weighted by Crippen LogP contribution is 2.17. The summed E-state index contributed by atoms with van der Waals surface area (Å²) in [6.07, 6.45) is 0.796. The van der Waals surface area contributed by atoms with Gasteiger partial charge in [-0.25, -0.2) is 4.39 Å². The molecule has 0 N–H and O–H groups in total. The molecule has 88 valence electrons. The molecule has 0 spiro atoms. The van der Waals surface area contributed by atoms with Gasteiger partial charge in [-0.05, 0) is 67.1 Å². The molecule has 1 heteroatoms. The van der Waals surface area contributed by atoms with Gasteiger partial charge in [0.05, 0.1) is 0 Å². The number of hydrogen-bond donors (Lipinski definition) is 0. The van der Waals surface area contributed by atoms with Crippen LogP contribution in [0, 0.1) is 26.6 Å². The molecule has 2 rings (SSSR count). The SMILES string of the molecule is Cc1ccc(Cc2cc(F)ccc2C)cc1C. The molecule has 0 saturated carbocycles. The largest absolute Gasteiger partial charge is 0.207 e. The maximum atomic E-state index is 13.2. The van der Waals surface area contributed by atoms with Crippen LogP contribution in [-0.4, -0.2) is 0 Å². The molecule has 0 radical (unpaired) electrons. The van der Waals surface area contributed by atoms with E-state index in [4.69, 9.17) is 0 Å². The van der Waals surface area contributed by atoms with Crippen molar-refractivity contribution in [2.75, 3.05) is 0 Å². The van der Waals surface area contributed by atoms with Gasteiger partial charge in [0.15, 0.2) is 0 Å². The summed E-state index contributed by atoms with van der Waals surface area (Å²) in [5, 5.41) is 0. The molecule has 2 aromatic carbocycles. The average molecular weight is 228 g/mol. The lowest BCUT2D eigenvalue weighted by atomic mass is 9.98. The van der Waals surface area contributed by atoms with Crippen LogP contribution < -0.4 is 0 Å². The van der Waals surface area contributed by atoms with Gasteiger partial charge in [0.1, 0.15) is 5.82 Å². The Morgan fingerprint density at radius 3 is 2.24 bits per heavy atom. The summed E-state index contributed by atoms with van der Waals surface area (Å²) >= 11 is 0. The summed E-state index contributed by atoms with van der Waals surface area (Å²) < 4.78 is 13.2. The van der Waals surface area contributed by atoms with E-state index in [9.17, 15) is 4.39 Å². The fourth-order valence-electron chi connectivity index (χ4n) is 1.96. The van der Waals surface area contributed by atoms with Crippen LogP contribution in [0.3, 0.4) is 0 Å². The van der Waals surface area contributed by atoms with Crippen molar-refractivity contribution >= 4 is 0 Å². The van der Waals surface area contributed by atoms with Crippen molar-refractivity contribution in [2.45, 2.75) is 27.2 Å². The Kier molecular flexibility index (Phi) is 3.28. The van der Waals surface area contributed by atoms with Gasteiger partial charge in [-0.1, -0.05) is 24.3 Å². The smallest absolute Gasteiger partial charge is 0.123 e. The first-order valence-corrected chi connectivity index (χ1v) is 5.87. The second-order valence-corrected chi connectivity index (χ2v) is 4.67. The van der Waals surface area contributed by atoms with Crippen molar-refractivity contribution in [3.05, 3.63) is 70.0 Å². The predicted molar refractivity (Wildman–Crippen MR) is 69.9 cm³/mol. The number of rotatable bonds is 2. The van der Waals surface area contributed by atoms with E-state index in [0.29, 0.717) is 0 Å². The monoisotopic (exact) mass is 228 g/mol. The first-order valence-electron chi connectivity index (χ1n) is 5.87. The van der Waals surface area contributed by atoms with Gasteiger partial charge < -0.3 is 0 Å². The van der Waals surface area contributed by atoms with E-state index in [2.05, 4.69) is 32.0 Å². The molecule has 0 saturated heterocycles. The lowest BCUT2D eigenvalue weighted by Crippen LogP contribution is -1.94. The van der Waals surface area contributed by atoms with E-state index in [1.807, 2.05) is 13.0 Å². The van der Waals surface area contributed by atoms with Crippen LogP contribution >= 0.6 is 0 Å². The first-order chi connectivity index (χ1) is 8.06. The second kappa shape index (κ2) is 4.70. The molecule has 0 bridgehead atoms. The summed E-state index contributed by atoms with van der Waals surface area (Å²) in [7, 11) is 0. The maximum absolute atomic E-state index is 13.2. The van der Waals surface area contributed by atoms with Gasteiger partial charge in [0.2, 0.25) is 0 Å². The number of benzene rings is 2. The first kappa shape index (κ1) is 11.8. The maximum Gasteiger partial charge on any atom is 0.123 e. The van der Waals surface area contributed by atoms with E-state index in [-0.39, 0.29) is 5.82 Å². The fraction of sp³-hybridized carbons (Fsp3) is 0.250. The summed E-state index contributed by atoms with van der Waals surface area (Å²) in [6, 6.07) is 11.4. The van der Waals surface area contributed by atoms with E-state index >= 15 is 0 Å². The Bertz CT molecular complexity index is 541. The standard InChI is InChI=1S/C16H17F/c1-11-4-6-14(8-13(11)3)9-15-10-16(17)7-5-12(15)2/h4-8,10H,9H2,1-3H3. The van der Waals surface area contributed by atoms with Crippen molar-refractivity contribution in [3.8, 4) is 0 Å². The Morgan fingerprint density at radius 2 is 1.53 bits per heavy atom. The molecule has 0 atom stereocenters. The molecule has 0 aliphatic carbocycles. The van der Waals surface area contributed by atoms with E-state index in [1.54, 1.807) is 6.07 Å². The van der Waals surface area contributed by atoms with Gasteiger partial charge in [-0.15, -0.1) is 0 Å². The Hall–Kier alpha value is -1.63. The summed E-state index contributed by atoms with van der Waals surface area (Å²) in [5.74, 6) is -0.158. The van der Waals surface area contributed by atoms with Crippen LogP contribution in [-0.2, 0) is 6.42 Å². The molecule has 0 aliphatic heterocycles. The number of halogens is 1. The van der Waals surface area contributed by atoms with Crippen molar-refractivity contribution in [1.82, 2.24) is 0 Å². The lowest BCUT2D eigenvalue weighted by Gasteiger charge is -2.08. The minimum Gasteiger partial charge on any atom is -0.207 e. The van der Waals surface area contributed by atoms with E-state index in [0.717, 1.165) is 17.5 Å². The average Bonchev–Trinajstić information content (AvgIpc) is 2.29. The summed E-state index contributed by atoms with van der Waals surface area (Å²) in [5.41, 5.74) is 6.03.